The van der Waals surface area contributed by atoms with Crippen molar-refractivity contribution in [1.29, 1.82) is 0 Å². The van der Waals surface area contributed by atoms with Crippen LogP contribution in [0.2, 0.25) is 0 Å². The van der Waals surface area contributed by atoms with Gasteiger partial charge in [-0.2, -0.15) is 3.71 Å². The molecule has 0 bridgehead atoms. The molecule has 1 rings (SSSR count). The van der Waals surface area contributed by atoms with Crippen molar-refractivity contribution in [2.24, 2.45) is 0 Å². The monoisotopic (exact) mass is 175 g/mol. The van der Waals surface area contributed by atoms with E-state index in [0.717, 1.165) is 11.6 Å². The van der Waals surface area contributed by atoms with E-state index >= 15 is 0 Å². The van der Waals surface area contributed by atoms with Gasteiger partial charge in [-0.05, 0) is 13.8 Å². The molecule has 8 heavy (non-hydrogen) atoms. The first-order valence-corrected chi connectivity index (χ1v) is 2.97. The molecule has 0 amide bonds. The standard InChI is InChI=1S/C4H6BrN3/c1-3-6-4(2)8(5)7-3/h1-2H3. The van der Waals surface area contributed by atoms with E-state index in [0.29, 0.717) is 0 Å². The predicted octanol–water partition coefficient (Wildman–Crippen LogP) is 1.05. The topological polar surface area (TPSA) is 30.7 Å². The third-order valence-corrected chi connectivity index (χ3v) is 1.49. The highest BCUT2D eigenvalue weighted by molar-refractivity contribution is 9.08. The number of aromatic nitrogens is 3. The molecular formula is C4H6BrN3. The largest absolute Gasteiger partial charge is 0.216 e. The van der Waals surface area contributed by atoms with E-state index in [9.17, 15) is 0 Å². The molecule has 0 aliphatic rings. The Morgan fingerprint density at radius 1 is 1.50 bits per heavy atom. The first-order chi connectivity index (χ1) is 3.70. The van der Waals surface area contributed by atoms with E-state index in [1.165, 1.54) is 0 Å². The first-order valence-electron chi connectivity index (χ1n) is 2.26. The van der Waals surface area contributed by atoms with Crippen molar-refractivity contribution in [1.82, 2.24) is 13.8 Å². The third kappa shape index (κ3) is 0.888. The summed E-state index contributed by atoms with van der Waals surface area (Å²) in [5.41, 5.74) is 0. The number of aryl methyl sites for hydroxylation is 2. The lowest BCUT2D eigenvalue weighted by Gasteiger charge is -1.81. The van der Waals surface area contributed by atoms with Crippen LogP contribution in [0.1, 0.15) is 11.6 Å². The zero-order chi connectivity index (χ0) is 6.15. The van der Waals surface area contributed by atoms with Gasteiger partial charge in [0.05, 0.1) is 16.1 Å². The molecule has 1 aromatic heterocycles. The minimum absolute atomic E-state index is 0.791. The smallest absolute Gasteiger partial charge is 0.148 e. The quantitative estimate of drug-likeness (QED) is 0.591. The number of hydrogen-bond donors (Lipinski definition) is 0. The second-order valence-electron chi connectivity index (χ2n) is 1.57. The van der Waals surface area contributed by atoms with Gasteiger partial charge in [-0.15, -0.1) is 5.10 Å². The van der Waals surface area contributed by atoms with Crippen LogP contribution in [0.25, 0.3) is 0 Å². The Hall–Kier alpha value is -0.380. The molecule has 44 valence electrons. The van der Waals surface area contributed by atoms with Crippen LogP contribution in [0.5, 0.6) is 0 Å². The molecule has 1 heterocycles. The van der Waals surface area contributed by atoms with E-state index in [2.05, 4.69) is 26.2 Å². The Balaban J connectivity index is 3.14. The molecule has 0 aliphatic heterocycles. The molecule has 0 saturated heterocycles. The second kappa shape index (κ2) is 1.85. The average molecular weight is 176 g/mol. The van der Waals surface area contributed by atoms with Crippen LogP contribution in [-0.4, -0.2) is 13.8 Å². The minimum Gasteiger partial charge on any atom is -0.216 e. The number of nitrogens with zero attached hydrogens (tertiary/aromatic N) is 3. The Morgan fingerprint density at radius 3 is 2.25 bits per heavy atom. The minimum atomic E-state index is 0.791. The van der Waals surface area contributed by atoms with Gasteiger partial charge >= 0.3 is 0 Å². The molecule has 3 nitrogen and oxygen atoms in total. The summed E-state index contributed by atoms with van der Waals surface area (Å²) in [6.45, 7) is 3.74. The van der Waals surface area contributed by atoms with Crippen molar-refractivity contribution in [3.63, 3.8) is 0 Å². The highest BCUT2D eigenvalue weighted by Crippen LogP contribution is 1.97. The molecule has 0 spiro atoms. The zero-order valence-corrected chi connectivity index (χ0v) is 6.31. The van der Waals surface area contributed by atoms with E-state index in [-0.39, 0.29) is 0 Å². The number of rotatable bonds is 0. The van der Waals surface area contributed by atoms with Crippen molar-refractivity contribution in [3.05, 3.63) is 11.6 Å². The number of hydrogen-bond acceptors (Lipinski definition) is 2. The summed E-state index contributed by atoms with van der Waals surface area (Å²) in [6, 6.07) is 0. The Bertz CT molecular complexity index is 174. The van der Waals surface area contributed by atoms with Crippen LogP contribution in [0.4, 0.5) is 0 Å². The van der Waals surface area contributed by atoms with Gasteiger partial charge in [-0.25, -0.2) is 4.98 Å². The molecular weight excluding hydrogens is 170 g/mol. The van der Waals surface area contributed by atoms with Gasteiger partial charge in [0.25, 0.3) is 0 Å². The lowest BCUT2D eigenvalue weighted by Crippen LogP contribution is -1.83. The normalized spacial score (nSPS) is 9.88. The lowest BCUT2D eigenvalue weighted by molar-refractivity contribution is 0.965. The van der Waals surface area contributed by atoms with E-state index in [1.807, 2.05) is 13.8 Å². The molecule has 0 saturated carbocycles. The zero-order valence-electron chi connectivity index (χ0n) is 4.72. The van der Waals surface area contributed by atoms with Crippen molar-refractivity contribution < 1.29 is 0 Å². The Kier molecular flexibility index (Phi) is 1.33. The molecule has 0 unspecified atom stereocenters. The van der Waals surface area contributed by atoms with Gasteiger partial charge in [0.15, 0.2) is 0 Å². The van der Waals surface area contributed by atoms with Gasteiger partial charge in [0.1, 0.15) is 11.6 Å². The Labute approximate surface area is 56.1 Å². The SMILES string of the molecule is Cc1nc(C)n(Br)n1. The fourth-order valence-electron chi connectivity index (χ4n) is 0.497. The van der Waals surface area contributed by atoms with Crippen LogP contribution >= 0.6 is 16.1 Å². The summed E-state index contributed by atoms with van der Waals surface area (Å²) >= 11 is 3.16. The molecule has 0 fully saturated rings. The van der Waals surface area contributed by atoms with Crippen LogP contribution in [0, 0.1) is 13.8 Å². The second-order valence-corrected chi connectivity index (χ2v) is 2.24. The highest BCUT2D eigenvalue weighted by Gasteiger charge is 1.95. The molecule has 4 heteroatoms. The average Bonchev–Trinajstić information content (AvgIpc) is 1.85. The molecule has 0 N–H and O–H groups in total. The molecule has 0 atom stereocenters. The maximum Gasteiger partial charge on any atom is 0.148 e. The fourth-order valence-corrected chi connectivity index (χ4v) is 0.806. The predicted molar refractivity (Wildman–Crippen MR) is 33.8 cm³/mol. The van der Waals surface area contributed by atoms with Crippen molar-refractivity contribution in [2.45, 2.75) is 13.8 Å². The van der Waals surface area contributed by atoms with Gasteiger partial charge < -0.3 is 0 Å². The summed E-state index contributed by atoms with van der Waals surface area (Å²) in [5, 5.41) is 3.93. The summed E-state index contributed by atoms with van der Waals surface area (Å²) in [5.74, 6) is 1.67. The van der Waals surface area contributed by atoms with Crippen molar-refractivity contribution in [3.8, 4) is 0 Å². The van der Waals surface area contributed by atoms with E-state index in [1.54, 1.807) is 3.71 Å². The fraction of sp³-hybridized carbons (Fsp3) is 0.500. The van der Waals surface area contributed by atoms with Crippen molar-refractivity contribution in [2.75, 3.05) is 0 Å². The summed E-state index contributed by atoms with van der Waals surface area (Å²) in [6.07, 6.45) is 0. The van der Waals surface area contributed by atoms with Crippen LogP contribution in [0.15, 0.2) is 0 Å². The van der Waals surface area contributed by atoms with E-state index < -0.39 is 0 Å². The van der Waals surface area contributed by atoms with Gasteiger partial charge in [0, 0.05) is 0 Å². The summed E-state index contributed by atoms with van der Waals surface area (Å²) in [4.78, 5) is 4.02. The first kappa shape index (κ1) is 5.75. The number of halogens is 1. The van der Waals surface area contributed by atoms with Crippen LogP contribution < -0.4 is 0 Å². The third-order valence-electron chi connectivity index (χ3n) is 0.823. The van der Waals surface area contributed by atoms with E-state index in [4.69, 9.17) is 0 Å². The molecule has 0 radical (unpaired) electrons. The molecule has 1 aromatic rings. The maximum atomic E-state index is 4.02. The van der Waals surface area contributed by atoms with Gasteiger partial charge in [-0.3, -0.25) is 0 Å². The summed E-state index contributed by atoms with van der Waals surface area (Å²) in [7, 11) is 0. The highest BCUT2D eigenvalue weighted by atomic mass is 79.9. The molecule has 0 aromatic carbocycles. The summed E-state index contributed by atoms with van der Waals surface area (Å²) < 4.78 is 1.57. The van der Waals surface area contributed by atoms with Gasteiger partial charge in [-0.1, -0.05) is 0 Å². The maximum absolute atomic E-state index is 4.02. The van der Waals surface area contributed by atoms with Crippen LogP contribution in [0.3, 0.4) is 0 Å². The molecule has 0 aliphatic carbocycles. The Morgan fingerprint density at radius 2 is 2.12 bits per heavy atom. The van der Waals surface area contributed by atoms with Gasteiger partial charge in [0.2, 0.25) is 0 Å². The van der Waals surface area contributed by atoms with Crippen LogP contribution in [-0.2, 0) is 0 Å². The van der Waals surface area contributed by atoms with Crippen molar-refractivity contribution >= 4 is 16.1 Å². The lowest BCUT2D eigenvalue weighted by atomic mass is 10.7.